The summed E-state index contributed by atoms with van der Waals surface area (Å²) in [6, 6.07) is 9.11. The molecule has 24 heavy (non-hydrogen) atoms. The summed E-state index contributed by atoms with van der Waals surface area (Å²) in [5, 5.41) is 0. The quantitative estimate of drug-likeness (QED) is 0.810. The Kier molecular flexibility index (Phi) is 4.55. The summed E-state index contributed by atoms with van der Waals surface area (Å²) < 4.78 is 9.71. The molecule has 2 aromatic rings. The fourth-order valence-corrected chi connectivity index (χ4v) is 2.97. The van der Waals surface area contributed by atoms with Crippen molar-refractivity contribution in [1.29, 1.82) is 0 Å². The van der Waals surface area contributed by atoms with E-state index in [1.807, 2.05) is 24.0 Å². The van der Waals surface area contributed by atoms with Crippen molar-refractivity contribution in [1.82, 2.24) is 4.90 Å². The lowest BCUT2D eigenvalue weighted by molar-refractivity contribution is 0.0599. The average molecular weight is 328 g/mol. The van der Waals surface area contributed by atoms with E-state index < -0.39 is 0 Å². The van der Waals surface area contributed by atoms with Gasteiger partial charge in [-0.15, -0.1) is 0 Å². The number of ether oxygens (including phenoxy) is 1. The largest absolute Gasteiger partial charge is 0.472 e. The van der Waals surface area contributed by atoms with E-state index in [-0.39, 0.29) is 17.9 Å². The molecule has 1 fully saturated rings. The van der Waals surface area contributed by atoms with Crippen LogP contribution in [-0.4, -0.2) is 49.6 Å². The van der Waals surface area contributed by atoms with E-state index in [2.05, 4.69) is 4.90 Å². The van der Waals surface area contributed by atoms with Gasteiger partial charge < -0.3 is 19.0 Å². The summed E-state index contributed by atoms with van der Waals surface area (Å²) >= 11 is 0. The number of esters is 1. The second-order valence-electron chi connectivity index (χ2n) is 5.84. The van der Waals surface area contributed by atoms with Crippen molar-refractivity contribution in [3.63, 3.8) is 0 Å². The number of nitrogens with zero attached hydrogens (tertiary/aromatic N) is 2. The summed E-state index contributed by atoms with van der Waals surface area (Å²) in [7, 11) is 1.37. The molecule has 1 aromatic heterocycles. The van der Waals surface area contributed by atoms with Crippen molar-refractivity contribution < 1.29 is 18.7 Å². The van der Waals surface area contributed by atoms with E-state index in [0.717, 1.165) is 18.8 Å². The Morgan fingerprint density at radius 1 is 1.12 bits per heavy atom. The highest BCUT2D eigenvalue weighted by atomic mass is 16.5. The molecule has 0 radical (unpaired) electrons. The molecule has 2 heterocycles. The normalized spacial score (nSPS) is 17.7. The number of carbonyl (C=O) groups is 2. The molecule has 0 N–H and O–H groups in total. The number of anilines is 1. The van der Waals surface area contributed by atoms with Gasteiger partial charge in [-0.05, 0) is 37.3 Å². The van der Waals surface area contributed by atoms with Gasteiger partial charge in [-0.3, -0.25) is 4.79 Å². The third-order valence-electron chi connectivity index (χ3n) is 4.31. The third kappa shape index (κ3) is 3.13. The van der Waals surface area contributed by atoms with Gasteiger partial charge in [-0.1, -0.05) is 0 Å². The van der Waals surface area contributed by atoms with Crippen LogP contribution in [0.2, 0.25) is 0 Å². The number of hydrogen-bond donors (Lipinski definition) is 0. The molecule has 0 bridgehead atoms. The summed E-state index contributed by atoms with van der Waals surface area (Å²) in [4.78, 5) is 28.0. The minimum Gasteiger partial charge on any atom is -0.472 e. The highest BCUT2D eigenvalue weighted by molar-refractivity contribution is 5.94. The molecule has 1 aliphatic heterocycles. The Morgan fingerprint density at radius 2 is 1.88 bits per heavy atom. The highest BCUT2D eigenvalue weighted by Crippen LogP contribution is 2.21. The van der Waals surface area contributed by atoms with Crippen LogP contribution in [0.1, 0.15) is 27.6 Å². The number of benzene rings is 1. The molecule has 6 nitrogen and oxygen atoms in total. The number of amides is 1. The van der Waals surface area contributed by atoms with Gasteiger partial charge in [0.1, 0.15) is 6.26 Å². The number of hydrogen-bond acceptors (Lipinski definition) is 5. The topological polar surface area (TPSA) is 63.0 Å². The van der Waals surface area contributed by atoms with Crippen molar-refractivity contribution in [3.05, 3.63) is 54.0 Å². The second-order valence-corrected chi connectivity index (χ2v) is 5.84. The molecule has 3 rings (SSSR count). The molecule has 0 aliphatic carbocycles. The molecule has 0 unspecified atom stereocenters. The first-order valence-electron chi connectivity index (χ1n) is 7.86. The first-order valence-corrected chi connectivity index (χ1v) is 7.86. The Hall–Kier alpha value is -2.76. The van der Waals surface area contributed by atoms with Gasteiger partial charge in [0.25, 0.3) is 5.91 Å². The van der Waals surface area contributed by atoms with Gasteiger partial charge in [0, 0.05) is 31.4 Å². The summed E-state index contributed by atoms with van der Waals surface area (Å²) in [5.74, 6) is -0.345. The smallest absolute Gasteiger partial charge is 0.337 e. The van der Waals surface area contributed by atoms with Crippen LogP contribution in [0.5, 0.6) is 0 Å². The standard InChI is InChI=1S/C18H20N2O4/c1-13-11-19(16-5-3-14(4-6-16)18(22)23-2)8-9-20(13)17(21)15-7-10-24-12-15/h3-7,10,12-13H,8-9,11H2,1-2H3/t13-/m1/s1. The first-order chi connectivity index (χ1) is 11.6. The third-order valence-corrected chi connectivity index (χ3v) is 4.31. The average Bonchev–Trinajstić information content (AvgIpc) is 3.15. The zero-order chi connectivity index (χ0) is 17.1. The van der Waals surface area contributed by atoms with Crippen molar-refractivity contribution in [3.8, 4) is 0 Å². The Bertz CT molecular complexity index is 709. The first kappa shape index (κ1) is 16.1. The molecule has 1 saturated heterocycles. The van der Waals surface area contributed by atoms with Crippen LogP contribution in [0.3, 0.4) is 0 Å². The van der Waals surface area contributed by atoms with E-state index in [4.69, 9.17) is 9.15 Å². The molecule has 1 aromatic carbocycles. The van der Waals surface area contributed by atoms with Crippen molar-refractivity contribution in [2.75, 3.05) is 31.6 Å². The summed E-state index contributed by atoms with van der Waals surface area (Å²) in [6.45, 7) is 4.16. The second kappa shape index (κ2) is 6.78. The van der Waals surface area contributed by atoms with Gasteiger partial charge >= 0.3 is 5.97 Å². The lowest BCUT2D eigenvalue weighted by Gasteiger charge is -2.41. The van der Waals surface area contributed by atoms with E-state index >= 15 is 0 Å². The van der Waals surface area contributed by atoms with Crippen LogP contribution < -0.4 is 4.90 Å². The maximum absolute atomic E-state index is 12.5. The zero-order valence-corrected chi connectivity index (χ0v) is 13.8. The minimum absolute atomic E-state index is 0.00283. The van der Waals surface area contributed by atoms with Gasteiger partial charge in [0.2, 0.25) is 0 Å². The number of piperazine rings is 1. The molecule has 126 valence electrons. The fraction of sp³-hybridized carbons (Fsp3) is 0.333. The maximum atomic E-state index is 12.5. The monoisotopic (exact) mass is 328 g/mol. The van der Waals surface area contributed by atoms with Crippen LogP contribution in [0, 0.1) is 0 Å². The van der Waals surface area contributed by atoms with Crippen LogP contribution in [0.15, 0.2) is 47.3 Å². The SMILES string of the molecule is COC(=O)c1ccc(N2CCN(C(=O)c3ccoc3)[C@H](C)C2)cc1. The van der Waals surface area contributed by atoms with Crippen LogP contribution in [0.4, 0.5) is 5.69 Å². The number of methoxy groups -OCH3 is 1. The van der Waals surface area contributed by atoms with Crippen LogP contribution in [0.25, 0.3) is 0 Å². The van der Waals surface area contributed by atoms with Gasteiger partial charge in [-0.25, -0.2) is 4.79 Å². The maximum Gasteiger partial charge on any atom is 0.337 e. The fourth-order valence-electron chi connectivity index (χ4n) is 2.97. The molecular formula is C18H20N2O4. The molecule has 1 amide bonds. The Labute approximate surface area is 140 Å². The van der Waals surface area contributed by atoms with Crippen LogP contribution >= 0.6 is 0 Å². The van der Waals surface area contributed by atoms with Crippen molar-refractivity contribution >= 4 is 17.6 Å². The molecular weight excluding hydrogens is 308 g/mol. The number of furan rings is 1. The van der Waals surface area contributed by atoms with Gasteiger partial charge in [0.05, 0.1) is 24.5 Å². The lowest BCUT2D eigenvalue weighted by atomic mass is 10.1. The number of rotatable bonds is 3. The predicted octanol–water partition coefficient (Wildman–Crippen LogP) is 2.42. The molecule has 1 atom stereocenters. The van der Waals surface area contributed by atoms with E-state index in [1.165, 1.54) is 19.6 Å². The molecule has 0 saturated carbocycles. The van der Waals surface area contributed by atoms with E-state index in [0.29, 0.717) is 17.7 Å². The Morgan fingerprint density at radius 3 is 2.46 bits per heavy atom. The minimum atomic E-state index is -0.342. The van der Waals surface area contributed by atoms with E-state index in [1.54, 1.807) is 18.2 Å². The van der Waals surface area contributed by atoms with Crippen LogP contribution in [-0.2, 0) is 4.74 Å². The predicted molar refractivity (Wildman–Crippen MR) is 89.2 cm³/mol. The molecule has 0 spiro atoms. The molecule has 6 heteroatoms. The molecule has 1 aliphatic rings. The number of carbonyl (C=O) groups excluding carboxylic acids is 2. The zero-order valence-electron chi connectivity index (χ0n) is 13.8. The summed E-state index contributed by atoms with van der Waals surface area (Å²) in [5.41, 5.74) is 2.14. The Balaban J connectivity index is 1.67. The van der Waals surface area contributed by atoms with Gasteiger partial charge in [0.15, 0.2) is 0 Å². The summed E-state index contributed by atoms with van der Waals surface area (Å²) in [6.07, 6.45) is 2.99. The van der Waals surface area contributed by atoms with Gasteiger partial charge in [-0.2, -0.15) is 0 Å². The lowest BCUT2D eigenvalue weighted by Crippen LogP contribution is -2.54. The van der Waals surface area contributed by atoms with E-state index in [9.17, 15) is 9.59 Å². The highest BCUT2D eigenvalue weighted by Gasteiger charge is 2.28. The van der Waals surface area contributed by atoms with Crippen molar-refractivity contribution in [2.24, 2.45) is 0 Å². The van der Waals surface area contributed by atoms with Crippen molar-refractivity contribution in [2.45, 2.75) is 13.0 Å².